The van der Waals surface area contributed by atoms with Gasteiger partial charge in [-0.15, -0.1) is 0 Å². The van der Waals surface area contributed by atoms with Gasteiger partial charge in [-0.05, 0) is 59.0 Å². The minimum atomic E-state index is -0.674. The van der Waals surface area contributed by atoms with Crippen LogP contribution < -0.4 is 11.2 Å². The minimum Gasteiger partial charge on any atom is -0.493 e. The van der Waals surface area contributed by atoms with E-state index in [-0.39, 0.29) is 5.56 Å². The van der Waals surface area contributed by atoms with Gasteiger partial charge in [-0.1, -0.05) is 17.7 Å². The van der Waals surface area contributed by atoms with Crippen molar-refractivity contribution in [2.75, 3.05) is 27.2 Å². The molecule has 0 fully saturated rings. The molecule has 0 aliphatic heterocycles. The predicted molar refractivity (Wildman–Crippen MR) is 104 cm³/mol. The van der Waals surface area contributed by atoms with Gasteiger partial charge >= 0.3 is 5.69 Å². The molecule has 1 aromatic carbocycles. The van der Waals surface area contributed by atoms with E-state index in [9.17, 15) is 14.7 Å². The first-order chi connectivity index (χ1) is 12.2. The van der Waals surface area contributed by atoms with E-state index in [1.54, 1.807) is 0 Å². The molecule has 0 saturated carbocycles. The molecule has 0 atom stereocenters. The Bertz CT molecular complexity index is 916. The summed E-state index contributed by atoms with van der Waals surface area (Å²) in [5, 5.41) is 10.6. The van der Waals surface area contributed by atoms with E-state index in [0.717, 1.165) is 34.2 Å². The highest BCUT2D eigenvalue weighted by atomic mass is 16.3. The van der Waals surface area contributed by atoms with E-state index in [1.807, 2.05) is 51.9 Å². The molecule has 0 unspecified atom stereocenters. The SMILES string of the molecule is Cc1cc(C)c(-n2c(O)c(C=NCCCN(C)C)c(=O)[nH]c2=O)c(C)c1. The Labute approximate surface area is 152 Å². The van der Waals surface area contributed by atoms with Gasteiger partial charge in [0.15, 0.2) is 0 Å². The van der Waals surface area contributed by atoms with Crippen LogP contribution in [-0.4, -0.2) is 53.0 Å². The molecule has 2 N–H and O–H groups in total. The van der Waals surface area contributed by atoms with Crippen molar-refractivity contribution >= 4 is 6.21 Å². The highest BCUT2D eigenvalue weighted by molar-refractivity contribution is 5.82. The normalized spacial score (nSPS) is 11.6. The lowest BCUT2D eigenvalue weighted by atomic mass is 10.0. The number of H-pyrrole nitrogens is 1. The van der Waals surface area contributed by atoms with Gasteiger partial charge in [-0.25, -0.2) is 9.36 Å². The van der Waals surface area contributed by atoms with Crippen molar-refractivity contribution in [1.82, 2.24) is 14.5 Å². The first kappa shape index (κ1) is 19.7. The van der Waals surface area contributed by atoms with Crippen molar-refractivity contribution in [3.8, 4) is 11.6 Å². The molecule has 0 saturated heterocycles. The second-order valence-corrected chi connectivity index (χ2v) is 6.77. The molecule has 2 rings (SSSR count). The van der Waals surface area contributed by atoms with Crippen LogP contribution in [0.4, 0.5) is 0 Å². The smallest absolute Gasteiger partial charge is 0.335 e. The van der Waals surface area contributed by atoms with E-state index in [0.29, 0.717) is 12.2 Å². The average molecular weight is 358 g/mol. The predicted octanol–water partition coefficient (Wildman–Crippen LogP) is 1.53. The van der Waals surface area contributed by atoms with Crippen LogP contribution in [0.15, 0.2) is 26.7 Å². The monoisotopic (exact) mass is 358 g/mol. The molecule has 1 aromatic heterocycles. The number of aliphatic imine (C=N–C) groups is 1. The number of aromatic nitrogens is 2. The molecule has 0 spiro atoms. The standard InChI is InChI=1S/C19H26N4O3/c1-12-9-13(2)16(14(3)10-12)23-18(25)15(17(24)21-19(23)26)11-20-7-6-8-22(4)5/h9-11,25H,6-8H2,1-5H3,(H,21,24,26). The molecule has 0 radical (unpaired) electrons. The summed E-state index contributed by atoms with van der Waals surface area (Å²) in [6.45, 7) is 7.09. The Morgan fingerprint density at radius 2 is 1.81 bits per heavy atom. The fraction of sp³-hybridized carbons (Fsp3) is 0.421. The zero-order chi connectivity index (χ0) is 19.4. The number of aromatic amines is 1. The van der Waals surface area contributed by atoms with Gasteiger partial charge in [0, 0.05) is 12.8 Å². The topological polar surface area (TPSA) is 90.7 Å². The lowest BCUT2D eigenvalue weighted by Crippen LogP contribution is -2.32. The summed E-state index contributed by atoms with van der Waals surface area (Å²) in [7, 11) is 3.95. The Morgan fingerprint density at radius 1 is 1.19 bits per heavy atom. The highest BCUT2D eigenvalue weighted by Gasteiger charge is 2.17. The molecular formula is C19H26N4O3. The number of benzene rings is 1. The number of hydrogen-bond donors (Lipinski definition) is 2. The third kappa shape index (κ3) is 4.29. The van der Waals surface area contributed by atoms with Crippen molar-refractivity contribution in [2.24, 2.45) is 4.99 Å². The summed E-state index contributed by atoms with van der Waals surface area (Å²) in [4.78, 5) is 33.0. The lowest BCUT2D eigenvalue weighted by Gasteiger charge is -2.15. The fourth-order valence-corrected chi connectivity index (χ4v) is 3.02. The third-order valence-corrected chi connectivity index (χ3v) is 4.09. The summed E-state index contributed by atoms with van der Waals surface area (Å²) in [6.07, 6.45) is 2.16. The number of nitrogens with zero attached hydrogens (tertiary/aromatic N) is 3. The summed E-state index contributed by atoms with van der Waals surface area (Å²) < 4.78 is 1.13. The first-order valence-electron chi connectivity index (χ1n) is 8.53. The maximum absolute atomic E-state index is 12.4. The van der Waals surface area contributed by atoms with Crippen LogP contribution in [-0.2, 0) is 0 Å². The van der Waals surface area contributed by atoms with Crippen LogP contribution in [0.25, 0.3) is 5.69 Å². The summed E-state index contributed by atoms with van der Waals surface area (Å²) >= 11 is 0. The zero-order valence-corrected chi connectivity index (χ0v) is 16.0. The van der Waals surface area contributed by atoms with Gasteiger partial charge in [0.05, 0.1) is 5.69 Å². The molecule has 0 amide bonds. The minimum absolute atomic E-state index is 0.0196. The van der Waals surface area contributed by atoms with Crippen LogP contribution in [0.1, 0.15) is 28.7 Å². The van der Waals surface area contributed by atoms with E-state index in [4.69, 9.17) is 0 Å². The number of hydrogen-bond acceptors (Lipinski definition) is 5. The molecule has 26 heavy (non-hydrogen) atoms. The third-order valence-electron chi connectivity index (χ3n) is 4.09. The summed E-state index contributed by atoms with van der Waals surface area (Å²) in [6, 6.07) is 3.85. The summed E-state index contributed by atoms with van der Waals surface area (Å²) in [5.41, 5.74) is 1.95. The van der Waals surface area contributed by atoms with Crippen LogP contribution in [0.3, 0.4) is 0 Å². The van der Waals surface area contributed by atoms with Gasteiger partial charge in [0.25, 0.3) is 5.56 Å². The van der Waals surface area contributed by atoms with Crippen LogP contribution >= 0.6 is 0 Å². The maximum Gasteiger partial charge on any atom is 0.335 e. The Balaban J connectivity index is 2.49. The Morgan fingerprint density at radius 3 is 2.38 bits per heavy atom. The summed E-state index contributed by atoms with van der Waals surface area (Å²) in [5.74, 6) is -0.398. The molecular weight excluding hydrogens is 332 g/mol. The van der Waals surface area contributed by atoms with Gasteiger partial charge in [0.2, 0.25) is 5.88 Å². The average Bonchev–Trinajstić information content (AvgIpc) is 2.51. The van der Waals surface area contributed by atoms with Crippen molar-refractivity contribution in [2.45, 2.75) is 27.2 Å². The van der Waals surface area contributed by atoms with Gasteiger partial charge < -0.3 is 10.0 Å². The first-order valence-corrected chi connectivity index (χ1v) is 8.53. The van der Waals surface area contributed by atoms with Crippen molar-refractivity contribution in [1.29, 1.82) is 0 Å². The molecule has 7 nitrogen and oxygen atoms in total. The molecule has 1 heterocycles. The van der Waals surface area contributed by atoms with E-state index >= 15 is 0 Å². The zero-order valence-electron chi connectivity index (χ0n) is 16.0. The van der Waals surface area contributed by atoms with Crippen LogP contribution in [0.2, 0.25) is 0 Å². The maximum atomic E-state index is 12.4. The molecule has 0 aliphatic carbocycles. The Kier molecular flexibility index (Phi) is 6.15. The molecule has 140 valence electrons. The lowest BCUT2D eigenvalue weighted by molar-refractivity contribution is 0.403. The number of rotatable bonds is 6. The Hall–Kier alpha value is -2.67. The van der Waals surface area contributed by atoms with E-state index < -0.39 is 17.1 Å². The second-order valence-electron chi connectivity index (χ2n) is 6.77. The highest BCUT2D eigenvalue weighted by Crippen LogP contribution is 2.23. The number of nitrogens with one attached hydrogen (secondary N) is 1. The van der Waals surface area contributed by atoms with E-state index in [1.165, 1.54) is 6.21 Å². The largest absolute Gasteiger partial charge is 0.493 e. The van der Waals surface area contributed by atoms with E-state index in [2.05, 4.69) is 9.98 Å². The van der Waals surface area contributed by atoms with Gasteiger partial charge in [0.1, 0.15) is 5.56 Å². The molecule has 7 heteroatoms. The van der Waals surface area contributed by atoms with Gasteiger partial charge in [-0.2, -0.15) is 0 Å². The fourth-order valence-electron chi connectivity index (χ4n) is 3.02. The number of aryl methyl sites for hydroxylation is 3. The van der Waals surface area contributed by atoms with Gasteiger partial charge in [-0.3, -0.25) is 14.8 Å². The molecule has 0 bridgehead atoms. The van der Waals surface area contributed by atoms with Crippen LogP contribution in [0.5, 0.6) is 5.88 Å². The molecule has 2 aromatic rings. The van der Waals surface area contributed by atoms with Crippen LogP contribution in [0, 0.1) is 20.8 Å². The van der Waals surface area contributed by atoms with Crippen molar-refractivity contribution < 1.29 is 5.11 Å². The quantitative estimate of drug-likeness (QED) is 0.605. The van der Waals surface area contributed by atoms with Crippen molar-refractivity contribution in [3.63, 3.8) is 0 Å². The van der Waals surface area contributed by atoms with Crippen molar-refractivity contribution in [3.05, 3.63) is 55.2 Å². The molecule has 0 aliphatic rings. The number of aromatic hydroxyl groups is 1. The second kappa shape index (κ2) is 8.14.